The summed E-state index contributed by atoms with van der Waals surface area (Å²) in [5.41, 5.74) is 0. The highest BCUT2D eigenvalue weighted by Crippen LogP contribution is 2.25. The Labute approximate surface area is 115 Å². The second kappa shape index (κ2) is 5.36. The first-order valence-electron chi connectivity index (χ1n) is 6.72. The van der Waals surface area contributed by atoms with E-state index in [9.17, 15) is 13.6 Å². The Morgan fingerprint density at radius 3 is 3.00 bits per heavy atom. The van der Waals surface area contributed by atoms with Crippen molar-refractivity contribution in [1.29, 1.82) is 0 Å². The van der Waals surface area contributed by atoms with Gasteiger partial charge in [-0.2, -0.15) is 0 Å². The van der Waals surface area contributed by atoms with Crippen molar-refractivity contribution in [1.82, 2.24) is 10.2 Å². The summed E-state index contributed by atoms with van der Waals surface area (Å²) in [5.74, 6) is -1.21. The topological polar surface area (TPSA) is 41.6 Å². The van der Waals surface area contributed by atoms with Crippen LogP contribution in [0.2, 0.25) is 0 Å². The fourth-order valence-corrected chi connectivity index (χ4v) is 2.88. The largest absolute Gasteiger partial charge is 0.481 e. The van der Waals surface area contributed by atoms with E-state index in [4.69, 9.17) is 4.74 Å². The normalized spacial score (nSPS) is 24.8. The summed E-state index contributed by atoms with van der Waals surface area (Å²) in [6.07, 6.45) is 1.09. The average molecular weight is 282 g/mol. The third kappa shape index (κ3) is 2.60. The van der Waals surface area contributed by atoms with E-state index < -0.39 is 11.6 Å². The van der Waals surface area contributed by atoms with Crippen LogP contribution in [0.1, 0.15) is 6.42 Å². The van der Waals surface area contributed by atoms with Crippen LogP contribution in [0, 0.1) is 17.6 Å². The average Bonchev–Trinajstić information content (AvgIpc) is 2.98. The Morgan fingerprint density at radius 2 is 2.25 bits per heavy atom. The van der Waals surface area contributed by atoms with Gasteiger partial charge < -0.3 is 15.0 Å². The van der Waals surface area contributed by atoms with Crippen LogP contribution in [0.25, 0.3) is 0 Å². The maximum Gasteiger partial charge on any atom is 0.260 e. The number of carbonyl (C=O) groups is 1. The number of hydrogen-bond donors (Lipinski definition) is 1. The van der Waals surface area contributed by atoms with E-state index in [-0.39, 0.29) is 18.3 Å². The van der Waals surface area contributed by atoms with Gasteiger partial charge in [0.05, 0.1) is 0 Å². The van der Waals surface area contributed by atoms with Gasteiger partial charge in [-0.15, -0.1) is 0 Å². The summed E-state index contributed by atoms with van der Waals surface area (Å²) in [6, 6.07) is 3.41. The zero-order valence-electron chi connectivity index (χ0n) is 10.9. The number of benzene rings is 1. The Kier molecular flexibility index (Phi) is 3.56. The molecule has 0 aromatic heterocycles. The molecule has 0 saturated carbocycles. The van der Waals surface area contributed by atoms with E-state index in [1.165, 1.54) is 6.07 Å². The number of hydrogen-bond acceptors (Lipinski definition) is 3. The lowest BCUT2D eigenvalue weighted by Crippen LogP contribution is -2.36. The molecule has 0 bridgehead atoms. The van der Waals surface area contributed by atoms with Crippen LogP contribution in [-0.4, -0.2) is 43.1 Å². The quantitative estimate of drug-likeness (QED) is 0.904. The third-order valence-electron chi connectivity index (χ3n) is 3.96. The predicted molar refractivity (Wildman–Crippen MR) is 68.3 cm³/mol. The Hall–Kier alpha value is -1.69. The lowest BCUT2D eigenvalue weighted by atomic mass is 10.1. The van der Waals surface area contributed by atoms with Gasteiger partial charge in [-0.25, -0.2) is 8.78 Å². The Bertz CT molecular complexity index is 512. The molecule has 108 valence electrons. The highest BCUT2D eigenvalue weighted by Gasteiger charge is 2.37. The molecule has 0 radical (unpaired) electrons. The molecule has 2 heterocycles. The molecular formula is C14H16F2N2O2. The number of fused-ring (bicyclic) bond motifs is 1. The van der Waals surface area contributed by atoms with Gasteiger partial charge in [0.1, 0.15) is 5.82 Å². The molecule has 1 aromatic carbocycles. The molecule has 0 aliphatic carbocycles. The Morgan fingerprint density at radius 1 is 1.40 bits per heavy atom. The zero-order chi connectivity index (χ0) is 14.1. The van der Waals surface area contributed by atoms with Crippen molar-refractivity contribution in [2.24, 2.45) is 5.92 Å². The number of carbonyl (C=O) groups excluding carboxylic acids is 1. The molecule has 1 N–H and O–H groups in total. The molecule has 0 unspecified atom stereocenters. The van der Waals surface area contributed by atoms with Crippen molar-refractivity contribution in [2.75, 3.05) is 26.2 Å². The minimum Gasteiger partial charge on any atom is -0.481 e. The minimum absolute atomic E-state index is 0.0998. The van der Waals surface area contributed by atoms with Crippen LogP contribution in [0.4, 0.5) is 8.78 Å². The molecule has 2 aliphatic heterocycles. The van der Waals surface area contributed by atoms with Crippen molar-refractivity contribution in [3.8, 4) is 5.75 Å². The molecule has 6 heteroatoms. The van der Waals surface area contributed by atoms with Crippen molar-refractivity contribution < 1.29 is 18.3 Å². The van der Waals surface area contributed by atoms with Gasteiger partial charge in [-0.3, -0.25) is 4.79 Å². The van der Waals surface area contributed by atoms with Gasteiger partial charge in [0.15, 0.2) is 18.2 Å². The summed E-state index contributed by atoms with van der Waals surface area (Å²) in [6.45, 7) is 2.20. The van der Waals surface area contributed by atoms with Crippen LogP contribution in [0.3, 0.4) is 0 Å². The molecule has 2 saturated heterocycles. The lowest BCUT2D eigenvalue weighted by Gasteiger charge is -2.17. The van der Waals surface area contributed by atoms with Gasteiger partial charge in [-0.1, -0.05) is 0 Å². The van der Waals surface area contributed by atoms with E-state index in [2.05, 4.69) is 5.32 Å². The van der Waals surface area contributed by atoms with Gasteiger partial charge in [0.2, 0.25) is 0 Å². The smallest absolute Gasteiger partial charge is 0.260 e. The number of amides is 1. The highest BCUT2D eigenvalue weighted by atomic mass is 19.1. The molecule has 1 amide bonds. The second-order valence-corrected chi connectivity index (χ2v) is 5.27. The molecule has 2 aliphatic rings. The maximum absolute atomic E-state index is 13.4. The maximum atomic E-state index is 13.4. The zero-order valence-corrected chi connectivity index (χ0v) is 10.9. The number of nitrogens with one attached hydrogen (secondary N) is 1. The minimum atomic E-state index is -0.794. The fraction of sp³-hybridized carbons (Fsp3) is 0.500. The summed E-state index contributed by atoms with van der Waals surface area (Å²) in [4.78, 5) is 13.7. The number of halogens is 2. The van der Waals surface area contributed by atoms with Gasteiger partial charge >= 0.3 is 0 Å². The number of nitrogens with zero attached hydrogens (tertiary/aromatic N) is 1. The molecule has 20 heavy (non-hydrogen) atoms. The van der Waals surface area contributed by atoms with Crippen LogP contribution < -0.4 is 10.1 Å². The monoisotopic (exact) mass is 282 g/mol. The fourth-order valence-electron chi connectivity index (χ4n) is 2.88. The lowest BCUT2D eigenvalue weighted by molar-refractivity contribution is -0.132. The van der Waals surface area contributed by atoms with E-state index >= 15 is 0 Å². The second-order valence-electron chi connectivity index (χ2n) is 5.27. The highest BCUT2D eigenvalue weighted by molar-refractivity contribution is 5.78. The van der Waals surface area contributed by atoms with Crippen LogP contribution in [0.15, 0.2) is 18.2 Å². The van der Waals surface area contributed by atoms with E-state index in [1.54, 1.807) is 4.90 Å². The molecular weight excluding hydrogens is 266 g/mol. The summed E-state index contributed by atoms with van der Waals surface area (Å²) >= 11 is 0. The van der Waals surface area contributed by atoms with Crippen LogP contribution in [-0.2, 0) is 4.79 Å². The van der Waals surface area contributed by atoms with Crippen molar-refractivity contribution in [3.63, 3.8) is 0 Å². The summed E-state index contributed by atoms with van der Waals surface area (Å²) in [5, 5.41) is 3.36. The molecule has 2 atom stereocenters. The Balaban J connectivity index is 1.54. The standard InChI is InChI=1S/C14H16F2N2O2/c15-10-1-2-13(11(16)5-10)20-8-14(19)18-6-9-3-4-17-12(9)7-18/h1-2,5,9,12,17H,3-4,6-8H2/t9-,12+/m0/s1. The van der Waals surface area contributed by atoms with Crippen molar-refractivity contribution in [3.05, 3.63) is 29.8 Å². The third-order valence-corrected chi connectivity index (χ3v) is 3.96. The summed E-state index contributed by atoms with van der Waals surface area (Å²) in [7, 11) is 0. The number of rotatable bonds is 3. The van der Waals surface area contributed by atoms with Crippen molar-refractivity contribution in [2.45, 2.75) is 12.5 Å². The number of likely N-dealkylation sites (tertiary alicyclic amines) is 1. The number of ether oxygens (including phenoxy) is 1. The van der Waals surface area contributed by atoms with Crippen LogP contribution >= 0.6 is 0 Å². The molecule has 0 spiro atoms. The summed E-state index contributed by atoms with van der Waals surface area (Å²) < 4.78 is 31.2. The molecule has 3 rings (SSSR count). The van der Waals surface area contributed by atoms with Crippen molar-refractivity contribution >= 4 is 5.91 Å². The van der Waals surface area contributed by atoms with E-state index in [0.29, 0.717) is 18.5 Å². The van der Waals surface area contributed by atoms with E-state index in [1.807, 2.05) is 0 Å². The molecule has 1 aromatic rings. The van der Waals surface area contributed by atoms with Crippen LogP contribution in [0.5, 0.6) is 5.75 Å². The van der Waals surface area contributed by atoms with Gasteiger partial charge in [-0.05, 0) is 31.0 Å². The SMILES string of the molecule is O=C(COc1ccc(F)cc1F)N1C[C@@H]2CCN[C@@H]2C1. The van der Waals surface area contributed by atoms with Gasteiger partial charge in [0, 0.05) is 25.2 Å². The molecule has 4 nitrogen and oxygen atoms in total. The first-order chi connectivity index (χ1) is 9.63. The van der Waals surface area contributed by atoms with E-state index in [0.717, 1.165) is 31.6 Å². The first-order valence-corrected chi connectivity index (χ1v) is 6.72. The predicted octanol–water partition coefficient (Wildman–Crippen LogP) is 1.16. The molecule has 2 fully saturated rings. The first kappa shape index (κ1) is 13.3. The van der Waals surface area contributed by atoms with Gasteiger partial charge in [0.25, 0.3) is 5.91 Å².